The number of nitriles is 1. The van der Waals surface area contributed by atoms with E-state index < -0.39 is 12.0 Å². The number of hydrogen-bond acceptors (Lipinski definition) is 4. The minimum Gasteiger partial charge on any atom is -0.497 e. The van der Waals surface area contributed by atoms with Gasteiger partial charge in [0.1, 0.15) is 5.75 Å². The van der Waals surface area contributed by atoms with Crippen LogP contribution >= 0.6 is 0 Å². The van der Waals surface area contributed by atoms with Crippen LogP contribution in [0.15, 0.2) is 24.3 Å². The molecule has 0 aliphatic heterocycles. The highest BCUT2D eigenvalue weighted by atomic mass is 16.5. The Labute approximate surface area is 95.0 Å². The summed E-state index contributed by atoms with van der Waals surface area (Å²) in [4.78, 5) is 0. The molecule has 16 heavy (non-hydrogen) atoms. The van der Waals surface area contributed by atoms with E-state index in [0.717, 1.165) is 11.3 Å². The fourth-order valence-corrected chi connectivity index (χ4v) is 1.46. The second-order valence-electron chi connectivity index (χ2n) is 3.40. The smallest absolute Gasteiger partial charge is 0.118 e. The third-order valence-electron chi connectivity index (χ3n) is 2.34. The minimum absolute atomic E-state index is 0.143. The molecule has 0 aliphatic rings. The molecule has 2 unspecified atom stereocenters. The number of aliphatic hydroxyl groups excluding tert-OH is 1. The van der Waals surface area contributed by atoms with Crippen LogP contribution in [0.1, 0.15) is 11.5 Å². The molecule has 0 saturated carbocycles. The lowest BCUT2D eigenvalue weighted by atomic mass is 9.95. The number of ether oxygens (including phenoxy) is 2. The Hall–Kier alpha value is -1.57. The molecule has 1 aromatic carbocycles. The molecule has 0 bridgehead atoms. The quantitative estimate of drug-likeness (QED) is 0.814. The Balaban J connectivity index is 2.83. The number of nitrogens with zero attached hydrogens (tertiary/aromatic N) is 1. The summed E-state index contributed by atoms with van der Waals surface area (Å²) in [5.41, 5.74) is 0.757. The summed E-state index contributed by atoms with van der Waals surface area (Å²) in [5.74, 6) is 0.146. The van der Waals surface area contributed by atoms with Crippen LogP contribution in [0.3, 0.4) is 0 Å². The fraction of sp³-hybridized carbons (Fsp3) is 0.417. The highest BCUT2D eigenvalue weighted by molar-refractivity contribution is 5.32. The van der Waals surface area contributed by atoms with E-state index in [-0.39, 0.29) is 6.61 Å². The van der Waals surface area contributed by atoms with Gasteiger partial charge in [-0.2, -0.15) is 5.26 Å². The van der Waals surface area contributed by atoms with E-state index in [1.54, 1.807) is 31.4 Å². The lowest BCUT2D eigenvalue weighted by Gasteiger charge is -2.16. The zero-order valence-electron chi connectivity index (χ0n) is 9.38. The molecule has 86 valence electrons. The van der Waals surface area contributed by atoms with Crippen molar-refractivity contribution in [3.63, 3.8) is 0 Å². The van der Waals surface area contributed by atoms with Crippen molar-refractivity contribution in [2.24, 2.45) is 0 Å². The molecule has 1 aromatic rings. The number of methoxy groups -OCH3 is 2. The first kappa shape index (κ1) is 12.5. The summed E-state index contributed by atoms with van der Waals surface area (Å²) in [6, 6.07) is 9.13. The van der Waals surface area contributed by atoms with Gasteiger partial charge in [-0.15, -0.1) is 0 Å². The van der Waals surface area contributed by atoms with Gasteiger partial charge >= 0.3 is 0 Å². The summed E-state index contributed by atoms with van der Waals surface area (Å²) in [6.07, 6.45) is -0.816. The van der Waals surface area contributed by atoms with Crippen LogP contribution in [0.4, 0.5) is 0 Å². The highest BCUT2D eigenvalue weighted by Crippen LogP contribution is 2.22. The van der Waals surface area contributed by atoms with Gasteiger partial charge in [0, 0.05) is 7.11 Å². The Morgan fingerprint density at radius 2 is 1.94 bits per heavy atom. The number of benzene rings is 1. The van der Waals surface area contributed by atoms with Crippen molar-refractivity contribution in [1.82, 2.24) is 0 Å². The van der Waals surface area contributed by atoms with E-state index in [4.69, 9.17) is 14.7 Å². The third kappa shape index (κ3) is 2.96. The van der Waals surface area contributed by atoms with Crippen LogP contribution in [-0.4, -0.2) is 32.0 Å². The van der Waals surface area contributed by atoms with Gasteiger partial charge in [-0.3, -0.25) is 0 Å². The molecule has 1 rings (SSSR count). The molecule has 1 N–H and O–H groups in total. The first-order valence-corrected chi connectivity index (χ1v) is 4.93. The molecular formula is C12H15NO3. The molecule has 4 nitrogen and oxygen atoms in total. The third-order valence-corrected chi connectivity index (χ3v) is 2.34. The van der Waals surface area contributed by atoms with E-state index in [2.05, 4.69) is 6.07 Å². The Morgan fingerprint density at radius 1 is 1.31 bits per heavy atom. The van der Waals surface area contributed by atoms with E-state index in [1.807, 2.05) is 0 Å². The van der Waals surface area contributed by atoms with Crippen molar-refractivity contribution in [3.05, 3.63) is 29.8 Å². The molecule has 2 atom stereocenters. The predicted molar refractivity (Wildman–Crippen MR) is 59.2 cm³/mol. The van der Waals surface area contributed by atoms with Crippen molar-refractivity contribution in [3.8, 4) is 11.8 Å². The van der Waals surface area contributed by atoms with E-state index >= 15 is 0 Å². The molecule has 0 aliphatic carbocycles. The van der Waals surface area contributed by atoms with Crippen molar-refractivity contribution >= 4 is 0 Å². The van der Waals surface area contributed by atoms with E-state index in [0.29, 0.717) is 0 Å². The Bertz CT molecular complexity index is 356. The van der Waals surface area contributed by atoms with Crippen molar-refractivity contribution < 1.29 is 14.6 Å². The average molecular weight is 221 g/mol. The molecule has 4 heteroatoms. The fourth-order valence-electron chi connectivity index (χ4n) is 1.46. The first-order chi connectivity index (χ1) is 7.72. The van der Waals surface area contributed by atoms with Crippen LogP contribution in [0.5, 0.6) is 5.75 Å². The standard InChI is InChI=1S/C12H15NO3/c1-15-8-12(14)11(7-13)9-3-5-10(16-2)6-4-9/h3-6,11-12,14H,8H2,1-2H3. The van der Waals surface area contributed by atoms with Gasteiger partial charge in [0.05, 0.1) is 31.8 Å². The molecular weight excluding hydrogens is 206 g/mol. The number of aliphatic hydroxyl groups is 1. The second kappa shape index (κ2) is 6.11. The van der Waals surface area contributed by atoms with Gasteiger partial charge in [-0.1, -0.05) is 12.1 Å². The van der Waals surface area contributed by atoms with Gasteiger partial charge in [-0.05, 0) is 17.7 Å². The summed E-state index contributed by atoms with van der Waals surface area (Å²) >= 11 is 0. The molecule has 0 radical (unpaired) electrons. The minimum atomic E-state index is -0.816. The predicted octanol–water partition coefficient (Wildman–Crippen LogP) is 1.31. The van der Waals surface area contributed by atoms with Gasteiger partial charge in [0.15, 0.2) is 0 Å². The van der Waals surface area contributed by atoms with E-state index in [9.17, 15) is 5.11 Å². The molecule has 0 amide bonds. The topological polar surface area (TPSA) is 62.5 Å². The average Bonchev–Trinajstić information content (AvgIpc) is 2.31. The zero-order chi connectivity index (χ0) is 12.0. The van der Waals surface area contributed by atoms with Crippen molar-refractivity contribution in [1.29, 1.82) is 5.26 Å². The lowest BCUT2D eigenvalue weighted by Crippen LogP contribution is -2.22. The second-order valence-corrected chi connectivity index (χ2v) is 3.40. The lowest BCUT2D eigenvalue weighted by molar-refractivity contribution is 0.0571. The van der Waals surface area contributed by atoms with Gasteiger partial charge < -0.3 is 14.6 Å². The highest BCUT2D eigenvalue weighted by Gasteiger charge is 2.20. The zero-order valence-corrected chi connectivity index (χ0v) is 9.38. The maximum absolute atomic E-state index is 9.71. The summed E-state index contributed by atoms with van der Waals surface area (Å²) < 4.78 is 9.85. The number of hydrogen-bond donors (Lipinski definition) is 1. The van der Waals surface area contributed by atoms with E-state index in [1.165, 1.54) is 7.11 Å². The van der Waals surface area contributed by atoms with Crippen LogP contribution in [-0.2, 0) is 4.74 Å². The monoisotopic (exact) mass is 221 g/mol. The maximum Gasteiger partial charge on any atom is 0.118 e. The molecule has 0 aromatic heterocycles. The normalized spacial score (nSPS) is 13.9. The Kier molecular flexibility index (Phi) is 4.77. The Morgan fingerprint density at radius 3 is 2.38 bits per heavy atom. The van der Waals surface area contributed by atoms with Gasteiger partial charge in [-0.25, -0.2) is 0 Å². The summed E-state index contributed by atoms with van der Waals surface area (Å²) in [6.45, 7) is 0.143. The SMILES string of the molecule is COCC(O)C(C#N)c1ccc(OC)cc1. The van der Waals surface area contributed by atoms with Crippen LogP contribution in [0.2, 0.25) is 0 Å². The van der Waals surface area contributed by atoms with Crippen molar-refractivity contribution in [2.75, 3.05) is 20.8 Å². The summed E-state index contributed by atoms with van der Waals surface area (Å²) in [5, 5.41) is 18.7. The molecule has 0 heterocycles. The van der Waals surface area contributed by atoms with Crippen LogP contribution in [0, 0.1) is 11.3 Å². The summed E-state index contributed by atoms with van der Waals surface area (Å²) in [7, 11) is 3.07. The van der Waals surface area contributed by atoms with Crippen molar-refractivity contribution in [2.45, 2.75) is 12.0 Å². The molecule has 0 spiro atoms. The van der Waals surface area contributed by atoms with Crippen LogP contribution in [0.25, 0.3) is 0 Å². The number of rotatable bonds is 5. The first-order valence-electron chi connectivity index (χ1n) is 4.93. The molecule has 0 saturated heterocycles. The van der Waals surface area contributed by atoms with Gasteiger partial charge in [0.2, 0.25) is 0 Å². The van der Waals surface area contributed by atoms with Gasteiger partial charge in [0.25, 0.3) is 0 Å². The molecule has 0 fully saturated rings. The maximum atomic E-state index is 9.71. The van der Waals surface area contributed by atoms with Crippen LogP contribution < -0.4 is 4.74 Å². The largest absolute Gasteiger partial charge is 0.497 e.